The Labute approximate surface area is 188 Å². The second-order valence-electron chi connectivity index (χ2n) is 6.94. The molecule has 0 saturated heterocycles. The first-order valence-electron chi connectivity index (χ1n) is 9.72. The van der Waals surface area contributed by atoms with Crippen LogP contribution in [0.25, 0.3) is 21.0 Å². The number of carbonyl (C=O) groups excluding carboxylic acids is 2. The summed E-state index contributed by atoms with van der Waals surface area (Å²) in [4.78, 5) is 28.6. The highest BCUT2D eigenvalue weighted by atomic mass is 32.2. The smallest absolute Gasteiger partial charge is 0.234 e. The summed E-state index contributed by atoms with van der Waals surface area (Å²) in [5, 5.41) is 6.45. The van der Waals surface area contributed by atoms with Gasteiger partial charge in [-0.3, -0.25) is 9.59 Å². The van der Waals surface area contributed by atoms with Crippen molar-refractivity contribution in [3.8, 4) is 10.8 Å². The number of thiazole rings is 1. The normalized spacial score (nSPS) is 10.9. The van der Waals surface area contributed by atoms with Gasteiger partial charge < -0.3 is 15.1 Å². The molecule has 0 aliphatic heterocycles. The molecule has 6 nitrogen and oxygen atoms in total. The van der Waals surface area contributed by atoms with Crippen LogP contribution in [0.2, 0.25) is 0 Å². The van der Waals surface area contributed by atoms with Crippen molar-refractivity contribution in [2.45, 2.75) is 13.5 Å². The third-order valence-electron chi connectivity index (χ3n) is 4.43. The van der Waals surface area contributed by atoms with Gasteiger partial charge in [0.2, 0.25) is 11.8 Å². The molecule has 0 unspecified atom stereocenters. The minimum Gasteiger partial charge on any atom is -0.457 e. The first-order valence-corrected chi connectivity index (χ1v) is 11.7. The number of thioether (sulfide) groups is 1. The number of hydrogen-bond donors (Lipinski definition) is 2. The van der Waals surface area contributed by atoms with Crippen molar-refractivity contribution in [1.29, 1.82) is 0 Å². The van der Waals surface area contributed by atoms with E-state index in [1.54, 1.807) is 11.3 Å². The number of nitrogens with zero attached hydrogens (tertiary/aromatic N) is 1. The van der Waals surface area contributed by atoms with Gasteiger partial charge >= 0.3 is 0 Å². The van der Waals surface area contributed by atoms with Gasteiger partial charge in [-0.15, -0.1) is 23.1 Å². The van der Waals surface area contributed by atoms with E-state index in [0.717, 1.165) is 26.5 Å². The monoisotopic (exact) mass is 451 g/mol. The number of aryl methyl sites for hydroxylation is 1. The van der Waals surface area contributed by atoms with Crippen molar-refractivity contribution in [2.75, 3.05) is 16.8 Å². The summed E-state index contributed by atoms with van der Waals surface area (Å²) in [6.45, 7) is 2.28. The Balaban J connectivity index is 1.20. The Hall–Kier alpha value is -3.10. The molecule has 0 atom stereocenters. The number of benzene rings is 2. The molecule has 8 heteroatoms. The highest BCUT2D eigenvalue weighted by Gasteiger charge is 2.11. The molecular formula is C23H21N3O3S2. The Bertz CT molecular complexity index is 1170. The highest BCUT2D eigenvalue weighted by Crippen LogP contribution is 2.31. The van der Waals surface area contributed by atoms with Crippen molar-refractivity contribution >= 4 is 50.8 Å². The maximum Gasteiger partial charge on any atom is 0.234 e. The molecule has 2 aromatic heterocycles. The first-order chi connectivity index (χ1) is 15.1. The van der Waals surface area contributed by atoms with Gasteiger partial charge in [-0.2, -0.15) is 0 Å². The fraction of sp³-hybridized carbons (Fsp3) is 0.174. The van der Waals surface area contributed by atoms with Gasteiger partial charge in [0.05, 0.1) is 28.3 Å². The standard InChI is InChI=1S/C23H21N3O3S2/c1-15-6-8-16(9-7-15)25-22(28)14-30-13-21(27)24-12-17-10-11-19(29-17)23-26-18-4-2-3-5-20(18)31-23/h2-11H,12-14H2,1H3,(H,24,27)(H,25,28). The predicted molar refractivity (Wildman–Crippen MR) is 126 cm³/mol. The third-order valence-corrected chi connectivity index (χ3v) is 6.41. The van der Waals surface area contributed by atoms with E-state index in [4.69, 9.17) is 4.42 Å². The summed E-state index contributed by atoms with van der Waals surface area (Å²) in [7, 11) is 0. The van der Waals surface area contributed by atoms with Crippen LogP contribution in [0.15, 0.2) is 65.1 Å². The van der Waals surface area contributed by atoms with Gasteiger partial charge in [-0.1, -0.05) is 29.8 Å². The van der Waals surface area contributed by atoms with Gasteiger partial charge in [-0.05, 0) is 43.3 Å². The number of nitrogens with one attached hydrogen (secondary N) is 2. The SMILES string of the molecule is Cc1ccc(NC(=O)CSCC(=O)NCc2ccc(-c3nc4ccccc4s3)o2)cc1. The second-order valence-corrected chi connectivity index (χ2v) is 8.95. The largest absolute Gasteiger partial charge is 0.457 e. The molecule has 2 amide bonds. The van der Waals surface area contributed by atoms with E-state index >= 15 is 0 Å². The molecule has 31 heavy (non-hydrogen) atoms. The lowest BCUT2D eigenvalue weighted by atomic mass is 10.2. The van der Waals surface area contributed by atoms with Crippen LogP contribution in [0.3, 0.4) is 0 Å². The second kappa shape index (κ2) is 9.80. The molecule has 4 aromatic rings. The number of hydrogen-bond acceptors (Lipinski definition) is 6. The molecule has 0 aliphatic carbocycles. The number of aromatic nitrogens is 1. The average Bonchev–Trinajstić information content (AvgIpc) is 3.40. The maximum atomic E-state index is 12.1. The van der Waals surface area contributed by atoms with Crippen LogP contribution in [0.5, 0.6) is 0 Å². The molecule has 4 rings (SSSR count). The van der Waals surface area contributed by atoms with Crippen molar-refractivity contribution < 1.29 is 14.0 Å². The molecule has 0 fully saturated rings. The Morgan fingerprint density at radius 2 is 1.77 bits per heavy atom. The van der Waals surface area contributed by atoms with Crippen LogP contribution >= 0.6 is 23.1 Å². The van der Waals surface area contributed by atoms with Crippen molar-refractivity contribution in [1.82, 2.24) is 10.3 Å². The van der Waals surface area contributed by atoms with Gasteiger partial charge in [-0.25, -0.2) is 4.98 Å². The number of para-hydroxylation sites is 1. The number of rotatable bonds is 8. The predicted octanol–water partition coefficient (Wildman–Crippen LogP) is 4.85. The van der Waals surface area contributed by atoms with E-state index in [1.165, 1.54) is 11.8 Å². The third kappa shape index (κ3) is 5.74. The van der Waals surface area contributed by atoms with E-state index in [1.807, 2.05) is 67.6 Å². The van der Waals surface area contributed by atoms with Gasteiger partial charge in [0.15, 0.2) is 10.8 Å². The van der Waals surface area contributed by atoms with E-state index in [2.05, 4.69) is 15.6 Å². The molecule has 0 saturated carbocycles. The lowest BCUT2D eigenvalue weighted by Gasteiger charge is -2.06. The summed E-state index contributed by atoms with van der Waals surface area (Å²) < 4.78 is 6.93. The van der Waals surface area contributed by atoms with Crippen molar-refractivity contribution in [3.05, 3.63) is 72.0 Å². The molecule has 0 bridgehead atoms. The molecule has 2 aromatic carbocycles. The van der Waals surface area contributed by atoms with Crippen LogP contribution in [-0.4, -0.2) is 28.3 Å². The van der Waals surface area contributed by atoms with Crippen LogP contribution in [0.4, 0.5) is 5.69 Å². The summed E-state index contributed by atoms with van der Waals surface area (Å²) >= 11 is 2.84. The van der Waals surface area contributed by atoms with Gasteiger partial charge in [0.25, 0.3) is 0 Å². The quantitative estimate of drug-likeness (QED) is 0.400. The van der Waals surface area contributed by atoms with Crippen molar-refractivity contribution in [3.63, 3.8) is 0 Å². The molecule has 0 radical (unpaired) electrons. The number of anilines is 1. The fourth-order valence-corrected chi connectivity index (χ4v) is 4.45. The summed E-state index contributed by atoms with van der Waals surface area (Å²) in [6, 6.07) is 19.2. The van der Waals surface area contributed by atoms with Gasteiger partial charge in [0.1, 0.15) is 5.76 Å². The molecule has 158 valence electrons. The molecule has 2 N–H and O–H groups in total. The zero-order valence-corrected chi connectivity index (χ0v) is 18.5. The zero-order valence-electron chi connectivity index (χ0n) is 16.9. The average molecular weight is 452 g/mol. The van der Waals surface area contributed by atoms with Crippen molar-refractivity contribution in [2.24, 2.45) is 0 Å². The Morgan fingerprint density at radius 1 is 1.00 bits per heavy atom. The van der Waals surface area contributed by atoms with Crippen LogP contribution in [0, 0.1) is 6.92 Å². The molecule has 2 heterocycles. The lowest BCUT2D eigenvalue weighted by molar-refractivity contribution is -0.118. The van der Waals surface area contributed by atoms with E-state index < -0.39 is 0 Å². The topological polar surface area (TPSA) is 84.2 Å². The number of fused-ring (bicyclic) bond motifs is 1. The number of amides is 2. The molecular weight excluding hydrogens is 430 g/mol. The summed E-state index contributed by atoms with van der Waals surface area (Å²) in [6.07, 6.45) is 0. The van der Waals surface area contributed by atoms with E-state index in [-0.39, 0.29) is 23.3 Å². The lowest BCUT2D eigenvalue weighted by Crippen LogP contribution is -2.25. The minimum atomic E-state index is -0.147. The zero-order chi connectivity index (χ0) is 21.6. The fourth-order valence-electron chi connectivity index (χ4n) is 2.87. The molecule has 0 aliphatic rings. The highest BCUT2D eigenvalue weighted by molar-refractivity contribution is 8.00. The summed E-state index contributed by atoms with van der Waals surface area (Å²) in [5.74, 6) is 1.48. The van der Waals surface area contributed by atoms with Crippen LogP contribution < -0.4 is 10.6 Å². The van der Waals surface area contributed by atoms with E-state index in [0.29, 0.717) is 18.1 Å². The number of furan rings is 1. The Kier molecular flexibility index (Phi) is 6.69. The van der Waals surface area contributed by atoms with Gasteiger partial charge in [0, 0.05) is 5.69 Å². The van der Waals surface area contributed by atoms with E-state index in [9.17, 15) is 9.59 Å². The first kappa shape index (κ1) is 21.1. The van der Waals surface area contributed by atoms with Crippen LogP contribution in [0.1, 0.15) is 11.3 Å². The summed E-state index contributed by atoms with van der Waals surface area (Å²) in [5.41, 5.74) is 2.83. The molecule has 0 spiro atoms. The Morgan fingerprint density at radius 3 is 2.58 bits per heavy atom. The number of carbonyl (C=O) groups is 2. The van der Waals surface area contributed by atoms with Crippen LogP contribution in [-0.2, 0) is 16.1 Å². The minimum absolute atomic E-state index is 0.131. The maximum absolute atomic E-state index is 12.1.